The highest BCUT2D eigenvalue weighted by atomic mass is 19.1. The number of carbonyl (C=O) groups is 1. The molecule has 0 heterocycles. The van der Waals surface area contributed by atoms with Crippen LogP contribution >= 0.6 is 0 Å². The van der Waals surface area contributed by atoms with Crippen LogP contribution in [0.4, 0.5) is 4.39 Å². The van der Waals surface area contributed by atoms with E-state index in [1.165, 1.54) is 11.0 Å². The average molecular weight is 343 g/mol. The van der Waals surface area contributed by atoms with Gasteiger partial charge in [-0.15, -0.1) is 0 Å². The summed E-state index contributed by atoms with van der Waals surface area (Å²) < 4.78 is 24.6. The second kappa shape index (κ2) is 8.87. The van der Waals surface area contributed by atoms with E-state index < -0.39 is 0 Å². The van der Waals surface area contributed by atoms with Gasteiger partial charge in [0, 0.05) is 19.2 Å². The highest BCUT2D eigenvalue weighted by Crippen LogP contribution is 2.28. The smallest absolute Gasteiger partial charge is 0.260 e. The van der Waals surface area contributed by atoms with E-state index in [0.29, 0.717) is 17.1 Å². The van der Waals surface area contributed by atoms with Crippen molar-refractivity contribution in [2.45, 2.75) is 13.5 Å². The van der Waals surface area contributed by atoms with E-state index in [1.807, 2.05) is 31.2 Å². The Morgan fingerprint density at radius 1 is 1.20 bits per heavy atom. The number of amides is 1. The highest BCUT2D eigenvalue weighted by molar-refractivity contribution is 5.77. The van der Waals surface area contributed by atoms with Gasteiger partial charge in [-0.05, 0) is 30.7 Å². The maximum atomic E-state index is 13.7. The van der Waals surface area contributed by atoms with E-state index in [1.54, 1.807) is 38.4 Å². The molecule has 1 amide bonds. The first-order valence-electron chi connectivity index (χ1n) is 7.96. The largest absolute Gasteiger partial charge is 0.493 e. The number of ether oxygens (including phenoxy) is 2. The first-order valence-corrected chi connectivity index (χ1v) is 7.96. The number of rotatable bonds is 7. The molecular weight excluding hydrogens is 321 g/mol. The summed E-state index contributed by atoms with van der Waals surface area (Å²) in [5, 5.41) is 0. The van der Waals surface area contributed by atoms with E-state index in [2.05, 4.69) is 0 Å². The molecule has 0 aromatic heterocycles. The van der Waals surface area contributed by atoms with Gasteiger partial charge in [-0.25, -0.2) is 4.39 Å². The molecule has 0 atom stereocenters. The zero-order valence-corrected chi connectivity index (χ0v) is 14.7. The zero-order chi connectivity index (χ0) is 18.2. The highest BCUT2D eigenvalue weighted by Gasteiger charge is 2.14. The van der Waals surface area contributed by atoms with Crippen LogP contribution in [-0.2, 0) is 11.3 Å². The summed E-state index contributed by atoms with van der Waals surface area (Å²) in [5.74, 6) is 0.468. The number of halogens is 1. The standard InChI is InChI=1S/C20H22FNO3/c1-4-7-15-10-11-18(19(12-15)24-3)25-14-20(23)22(2)13-16-8-5-6-9-17(16)21/h4-12H,13-14H2,1-3H3/b7-4+. The number of hydrogen-bond acceptors (Lipinski definition) is 3. The topological polar surface area (TPSA) is 38.8 Å². The number of methoxy groups -OCH3 is 1. The van der Waals surface area contributed by atoms with E-state index in [-0.39, 0.29) is 24.9 Å². The van der Waals surface area contributed by atoms with Crippen molar-refractivity contribution in [2.75, 3.05) is 20.8 Å². The van der Waals surface area contributed by atoms with Gasteiger partial charge in [-0.1, -0.05) is 36.4 Å². The van der Waals surface area contributed by atoms with Crippen molar-refractivity contribution in [1.29, 1.82) is 0 Å². The minimum absolute atomic E-state index is 0.149. The number of benzene rings is 2. The molecule has 2 aromatic rings. The monoisotopic (exact) mass is 343 g/mol. The predicted molar refractivity (Wildman–Crippen MR) is 96.1 cm³/mol. The first-order chi connectivity index (χ1) is 12.0. The van der Waals surface area contributed by atoms with Crippen molar-refractivity contribution in [3.8, 4) is 11.5 Å². The van der Waals surface area contributed by atoms with Crippen molar-refractivity contribution in [2.24, 2.45) is 0 Å². The molecule has 0 saturated heterocycles. The summed E-state index contributed by atoms with van der Waals surface area (Å²) in [6.07, 6.45) is 3.87. The molecule has 2 rings (SSSR count). The van der Waals surface area contributed by atoms with Gasteiger partial charge in [-0.2, -0.15) is 0 Å². The maximum Gasteiger partial charge on any atom is 0.260 e. The van der Waals surface area contributed by atoms with Crippen molar-refractivity contribution in [3.05, 3.63) is 65.5 Å². The molecule has 0 fully saturated rings. The minimum Gasteiger partial charge on any atom is -0.493 e. The number of likely N-dealkylation sites (N-methyl/N-ethyl adjacent to an activating group) is 1. The molecule has 0 unspecified atom stereocenters. The van der Waals surface area contributed by atoms with Gasteiger partial charge in [0.25, 0.3) is 5.91 Å². The van der Waals surface area contributed by atoms with Gasteiger partial charge in [0.2, 0.25) is 0 Å². The van der Waals surface area contributed by atoms with Crippen LogP contribution in [0.25, 0.3) is 6.08 Å². The molecule has 0 saturated carbocycles. The Morgan fingerprint density at radius 3 is 2.64 bits per heavy atom. The van der Waals surface area contributed by atoms with Crippen molar-refractivity contribution < 1.29 is 18.7 Å². The molecule has 0 radical (unpaired) electrons. The van der Waals surface area contributed by atoms with E-state index in [4.69, 9.17) is 9.47 Å². The van der Waals surface area contributed by atoms with Crippen LogP contribution in [0, 0.1) is 5.82 Å². The molecule has 0 aliphatic heterocycles. The molecule has 0 bridgehead atoms. The lowest BCUT2D eigenvalue weighted by Crippen LogP contribution is -2.31. The van der Waals surface area contributed by atoms with E-state index in [0.717, 1.165) is 5.56 Å². The molecule has 0 aliphatic rings. The van der Waals surface area contributed by atoms with Crippen LogP contribution < -0.4 is 9.47 Å². The van der Waals surface area contributed by atoms with Crippen LogP contribution in [0.2, 0.25) is 0 Å². The Bertz CT molecular complexity index is 758. The fraction of sp³-hybridized carbons (Fsp3) is 0.250. The average Bonchev–Trinajstić information content (AvgIpc) is 2.62. The van der Waals surface area contributed by atoms with Gasteiger partial charge >= 0.3 is 0 Å². The fourth-order valence-electron chi connectivity index (χ4n) is 2.32. The zero-order valence-electron chi connectivity index (χ0n) is 14.7. The molecule has 4 nitrogen and oxygen atoms in total. The quantitative estimate of drug-likeness (QED) is 0.765. The third-order valence-electron chi connectivity index (χ3n) is 3.69. The number of nitrogens with zero attached hydrogens (tertiary/aromatic N) is 1. The third-order valence-corrected chi connectivity index (χ3v) is 3.69. The maximum absolute atomic E-state index is 13.7. The van der Waals surface area contributed by atoms with E-state index >= 15 is 0 Å². The summed E-state index contributed by atoms with van der Waals surface area (Å²) in [6.45, 7) is 1.97. The number of allylic oxidation sites excluding steroid dienone is 1. The lowest BCUT2D eigenvalue weighted by Gasteiger charge is -2.18. The van der Waals surface area contributed by atoms with Gasteiger partial charge in [0.05, 0.1) is 7.11 Å². The van der Waals surface area contributed by atoms with Crippen molar-refractivity contribution in [3.63, 3.8) is 0 Å². The summed E-state index contributed by atoms with van der Waals surface area (Å²) in [5.41, 5.74) is 1.45. The van der Waals surface area contributed by atoms with Gasteiger partial charge in [0.15, 0.2) is 18.1 Å². The fourth-order valence-corrected chi connectivity index (χ4v) is 2.32. The Morgan fingerprint density at radius 2 is 1.96 bits per heavy atom. The van der Waals surface area contributed by atoms with Crippen LogP contribution in [0.5, 0.6) is 11.5 Å². The molecule has 0 spiro atoms. The van der Waals surface area contributed by atoms with Crippen LogP contribution in [0.3, 0.4) is 0 Å². The minimum atomic E-state index is -0.329. The summed E-state index contributed by atoms with van der Waals surface area (Å²) >= 11 is 0. The van der Waals surface area contributed by atoms with Crippen LogP contribution in [0.1, 0.15) is 18.1 Å². The SMILES string of the molecule is C/C=C/c1ccc(OCC(=O)N(C)Cc2ccccc2F)c(OC)c1. The summed E-state index contributed by atoms with van der Waals surface area (Å²) in [7, 11) is 3.16. The number of hydrogen-bond donors (Lipinski definition) is 0. The molecule has 0 N–H and O–H groups in total. The first kappa shape index (κ1) is 18.5. The Labute approximate surface area is 147 Å². The summed E-state index contributed by atoms with van der Waals surface area (Å²) in [4.78, 5) is 13.7. The second-order valence-corrected chi connectivity index (χ2v) is 5.54. The van der Waals surface area contributed by atoms with Crippen LogP contribution in [-0.4, -0.2) is 31.6 Å². The second-order valence-electron chi connectivity index (χ2n) is 5.54. The molecule has 25 heavy (non-hydrogen) atoms. The Balaban J connectivity index is 1.98. The Kier molecular flexibility index (Phi) is 6.57. The number of carbonyl (C=O) groups excluding carboxylic acids is 1. The molecule has 0 aliphatic carbocycles. The lowest BCUT2D eigenvalue weighted by atomic mass is 10.2. The molecular formula is C20H22FNO3. The van der Waals surface area contributed by atoms with Gasteiger partial charge in [0.1, 0.15) is 5.82 Å². The molecule has 5 heteroatoms. The summed E-state index contributed by atoms with van der Waals surface area (Å²) in [6, 6.07) is 11.9. The predicted octanol–water partition coefficient (Wildman–Crippen LogP) is 3.90. The third kappa shape index (κ3) is 5.08. The van der Waals surface area contributed by atoms with Crippen molar-refractivity contribution >= 4 is 12.0 Å². The molecule has 2 aromatic carbocycles. The van der Waals surface area contributed by atoms with Gasteiger partial charge < -0.3 is 14.4 Å². The van der Waals surface area contributed by atoms with Crippen molar-refractivity contribution in [1.82, 2.24) is 4.90 Å². The van der Waals surface area contributed by atoms with Gasteiger partial charge in [-0.3, -0.25) is 4.79 Å². The Hall–Kier alpha value is -2.82. The van der Waals surface area contributed by atoms with Crippen LogP contribution in [0.15, 0.2) is 48.5 Å². The lowest BCUT2D eigenvalue weighted by molar-refractivity contribution is -0.132. The van der Waals surface area contributed by atoms with E-state index in [9.17, 15) is 9.18 Å². The normalized spacial score (nSPS) is 10.7. The molecule has 132 valence electrons.